The lowest BCUT2D eigenvalue weighted by Gasteiger charge is -2.17. The van der Waals surface area contributed by atoms with E-state index in [-0.39, 0.29) is 30.3 Å². The third-order valence-corrected chi connectivity index (χ3v) is 4.28. The van der Waals surface area contributed by atoms with Crippen LogP contribution in [-0.4, -0.2) is 26.6 Å². The van der Waals surface area contributed by atoms with Gasteiger partial charge in [0.25, 0.3) is 0 Å². The summed E-state index contributed by atoms with van der Waals surface area (Å²) in [5, 5.41) is 0. The van der Waals surface area contributed by atoms with Crippen molar-refractivity contribution in [3.8, 4) is 0 Å². The molecule has 2 rings (SSSR count). The van der Waals surface area contributed by atoms with Gasteiger partial charge in [0.2, 0.25) is 15.0 Å². The maximum Gasteiger partial charge on any atom is 0.232 e. The van der Waals surface area contributed by atoms with Crippen molar-refractivity contribution in [2.75, 3.05) is 17.2 Å². The second-order valence-corrected chi connectivity index (χ2v) is 7.56. The summed E-state index contributed by atoms with van der Waals surface area (Å²) < 4.78 is 35.8. The molecule has 1 unspecified atom stereocenters. The highest BCUT2D eigenvalue weighted by Gasteiger charge is 2.34. The minimum Gasteiger partial charge on any atom is -0.309 e. The number of carbonyl (C=O) groups excluding carboxylic acids is 1. The summed E-state index contributed by atoms with van der Waals surface area (Å²) in [6.07, 6.45) is 0.0688. The van der Waals surface area contributed by atoms with Gasteiger partial charge in [0.05, 0.1) is 11.4 Å². The molecule has 0 aliphatic carbocycles. The summed E-state index contributed by atoms with van der Waals surface area (Å²) in [7, 11) is 1.52. The predicted octanol–water partition coefficient (Wildman–Crippen LogP) is 2.06. The van der Waals surface area contributed by atoms with E-state index in [2.05, 4.69) is 0 Å². The highest BCUT2D eigenvalue weighted by molar-refractivity contribution is 8.13. The smallest absolute Gasteiger partial charge is 0.232 e. The third-order valence-electron chi connectivity index (χ3n) is 3.03. The Balaban J connectivity index is 2.23. The highest BCUT2D eigenvalue weighted by Crippen LogP contribution is 2.29. The molecule has 1 atom stereocenters. The lowest BCUT2D eigenvalue weighted by molar-refractivity contribution is -0.117. The van der Waals surface area contributed by atoms with Crippen LogP contribution >= 0.6 is 10.7 Å². The molecule has 0 radical (unpaired) electrons. The van der Waals surface area contributed by atoms with E-state index in [4.69, 9.17) is 10.7 Å². The summed E-state index contributed by atoms with van der Waals surface area (Å²) in [5.74, 6) is -1.44. The normalized spacial score (nSPS) is 20.1. The summed E-state index contributed by atoms with van der Waals surface area (Å²) in [5.41, 5.74) is 1.03. The maximum absolute atomic E-state index is 13.7. The zero-order chi connectivity index (χ0) is 14.2. The van der Waals surface area contributed by atoms with E-state index in [1.165, 1.54) is 11.0 Å². The number of hydrogen-bond donors (Lipinski definition) is 0. The summed E-state index contributed by atoms with van der Waals surface area (Å²) in [4.78, 5) is 13.1. The van der Waals surface area contributed by atoms with Gasteiger partial charge in [-0.3, -0.25) is 4.79 Å². The minimum absolute atomic E-state index is 0.0688. The summed E-state index contributed by atoms with van der Waals surface area (Å²) in [6, 6.07) is 4.48. The molecule has 1 saturated heterocycles. The van der Waals surface area contributed by atoms with Crippen LogP contribution in [0.5, 0.6) is 0 Å². The van der Waals surface area contributed by atoms with Crippen molar-refractivity contribution in [3.05, 3.63) is 29.6 Å². The molecule has 1 aliphatic rings. The van der Waals surface area contributed by atoms with Crippen LogP contribution in [-0.2, 0) is 13.8 Å². The minimum atomic E-state index is -3.66. The van der Waals surface area contributed by atoms with E-state index >= 15 is 0 Å². The van der Waals surface area contributed by atoms with Crippen LogP contribution in [0.4, 0.5) is 10.1 Å². The number of rotatable bonds is 3. The predicted molar refractivity (Wildman–Crippen MR) is 71.2 cm³/mol. The molecule has 0 spiro atoms. The molecule has 4 nitrogen and oxygen atoms in total. The number of carbonyl (C=O) groups is 1. The Labute approximate surface area is 115 Å². The monoisotopic (exact) mass is 305 g/mol. The van der Waals surface area contributed by atoms with Crippen molar-refractivity contribution in [2.24, 2.45) is 5.92 Å². The van der Waals surface area contributed by atoms with E-state index in [0.717, 1.165) is 5.56 Å². The van der Waals surface area contributed by atoms with E-state index in [9.17, 15) is 17.6 Å². The first-order valence-corrected chi connectivity index (χ1v) is 8.23. The van der Waals surface area contributed by atoms with Crippen molar-refractivity contribution in [2.45, 2.75) is 13.3 Å². The van der Waals surface area contributed by atoms with Gasteiger partial charge in [-0.05, 0) is 24.6 Å². The van der Waals surface area contributed by atoms with Crippen LogP contribution in [0.15, 0.2) is 18.2 Å². The molecule has 1 heterocycles. The Morgan fingerprint density at radius 3 is 2.79 bits per heavy atom. The number of benzene rings is 1. The van der Waals surface area contributed by atoms with Crippen LogP contribution in [0, 0.1) is 18.7 Å². The molecule has 0 saturated carbocycles. The van der Waals surface area contributed by atoms with Crippen molar-refractivity contribution in [1.29, 1.82) is 0 Å². The summed E-state index contributed by atoms with van der Waals surface area (Å²) >= 11 is 0. The lowest BCUT2D eigenvalue weighted by Crippen LogP contribution is -2.26. The van der Waals surface area contributed by atoms with Crippen LogP contribution in [0.1, 0.15) is 12.0 Å². The largest absolute Gasteiger partial charge is 0.309 e. The van der Waals surface area contributed by atoms with Crippen molar-refractivity contribution in [3.63, 3.8) is 0 Å². The van der Waals surface area contributed by atoms with Gasteiger partial charge in [0, 0.05) is 29.6 Å². The summed E-state index contributed by atoms with van der Waals surface area (Å²) in [6.45, 7) is 1.97. The number of nitrogens with zero attached hydrogens (tertiary/aromatic N) is 1. The quantitative estimate of drug-likeness (QED) is 0.803. The Bertz CT molecular complexity index is 617. The fourth-order valence-electron chi connectivity index (χ4n) is 2.24. The first-order chi connectivity index (χ1) is 8.76. The second-order valence-electron chi connectivity index (χ2n) is 4.73. The van der Waals surface area contributed by atoms with Crippen LogP contribution < -0.4 is 4.90 Å². The fraction of sp³-hybridized carbons (Fsp3) is 0.417. The third kappa shape index (κ3) is 3.45. The van der Waals surface area contributed by atoms with Gasteiger partial charge in [0.1, 0.15) is 5.82 Å². The maximum atomic E-state index is 13.7. The van der Waals surface area contributed by atoms with Gasteiger partial charge in [-0.25, -0.2) is 12.8 Å². The molecule has 104 valence electrons. The molecule has 1 fully saturated rings. The van der Waals surface area contributed by atoms with Crippen LogP contribution in [0.25, 0.3) is 0 Å². The molecule has 19 heavy (non-hydrogen) atoms. The molecule has 0 N–H and O–H groups in total. The number of halogens is 2. The first-order valence-electron chi connectivity index (χ1n) is 5.75. The molecule has 1 aromatic rings. The average Bonchev–Trinajstić information content (AvgIpc) is 2.60. The topological polar surface area (TPSA) is 54.5 Å². The Hall–Kier alpha value is -1.14. The van der Waals surface area contributed by atoms with E-state index in [0.29, 0.717) is 0 Å². The van der Waals surface area contributed by atoms with E-state index in [1.54, 1.807) is 19.1 Å². The van der Waals surface area contributed by atoms with Crippen molar-refractivity contribution < 1.29 is 17.6 Å². The number of amides is 1. The molecule has 1 aliphatic heterocycles. The molecule has 7 heteroatoms. The lowest BCUT2D eigenvalue weighted by atomic mass is 10.1. The van der Waals surface area contributed by atoms with Gasteiger partial charge in [0.15, 0.2) is 0 Å². The molecular weight excluding hydrogens is 293 g/mol. The molecule has 0 aromatic heterocycles. The Kier molecular flexibility index (Phi) is 3.82. The SMILES string of the molecule is Cc1ccc(F)c(N2CC(CS(=O)(=O)Cl)CC2=O)c1. The van der Waals surface area contributed by atoms with Crippen LogP contribution in [0.3, 0.4) is 0 Å². The Morgan fingerprint density at radius 1 is 1.47 bits per heavy atom. The second kappa shape index (κ2) is 5.09. The number of aryl methyl sites for hydroxylation is 1. The standard InChI is InChI=1S/C12H13ClFNO3S/c1-8-2-3-10(14)11(4-8)15-6-9(5-12(15)16)7-19(13,17)18/h2-4,9H,5-7H2,1H3. The molecule has 1 aromatic carbocycles. The molecular formula is C12H13ClFNO3S. The molecule has 1 amide bonds. The average molecular weight is 306 g/mol. The fourth-order valence-corrected chi connectivity index (χ4v) is 3.56. The highest BCUT2D eigenvalue weighted by atomic mass is 35.7. The van der Waals surface area contributed by atoms with Crippen LogP contribution in [0.2, 0.25) is 0 Å². The number of anilines is 1. The van der Waals surface area contributed by atoms with Gasteiger partial charge in [-0.1, -0.05) is 6.07 Å². The van der Waals surface area contributed by atoms with Crippen molar-refractivity contribution >= 4 is 31.3 Å². The Morgan fingerprint density at radius 2 is 2.16 bits per heavy atom. The van der Waals surface area contributed by atoms with Gasteiger partial charge in [-0.15, -0.1) is 0 Å². The van der Waals surface area contributed by atoms with Gasteiger partial charge in [-0.2, -0.15) is 0 Å². The van der Waals surface area contributed by atoms with Gasteiger partial charge >= 0.3 is 0 Å². The van der Waals surface area contributed by atoms with E-state index < -0.39 is 20.8 Å². The molecule has 0 bridgehead atoms. The van der Waals surface area contributed by atoms with Crippen molar-refractivity contribution in [1.82, 2.24) is 0 Å². The first kappa shape index (κ1) is 14.3. The van der Waals surface area contributed by atoms with Gasteiger partial charge < -0.3 is 4.90 Å². The van der Waals surface area contributed by atoms with E-state index in [1.807, 2.05) is 0 Å². The zero-order valence-electron chi connectivity index (χ0n) is 10.3. The zero-order valence-corrected chi connectivity index (χ0v) is 11.8. The number of hydrogen-bond acceptors (Lipinski definition) is 3.